The third kappa shape index (κ3) is 5.84. The van der Waals surface area contributed by atoms with Gasteiger partial charge in [0.05, 0.1) is 18.5 Å². The van der Waals surface area contributed by atoms with Gasteiger partial charge in [-0.15, -0.1) is 0 Å². The first-order valence-corrected chi connectivity index (χ1v) is 10.0. The molecule has 7 nitrogen and oxygen atoms in total. The quantitative estimate of drug-likeness (QED) is 0.259. The number of aromatic hydroxyl groups is 1. The molecule has 1 aromatic heterocycles. The second-order valence-corrected chi connectivity index (χ2v) is 7.08. The molecule has 30 heavy (non-hydrogen) atoms. The van der Waals surface area contributed by atoms with Crippen LogP contribution in [0.4, 0.5) is 5.69 Å². The molecule has 0 fully saturated rings. The minimum atomic E-state index is -0.363. The molecule has 0 aliphatic rings. The summed E-state index contributed by atoms with van der Waals surface area (Å²) in [6.45, 7) is 2.83. The van der Waals surface area contributed by atoms with E-state index in [2.05, 4.69) is 27.6 Å². The molecule has 0 spiro atoms. The van der Waals surface area contributed by atoms with E-state index in [1.807, 2.05) is 24.3 Å². The van der Waals surface area contributed by atoms with Crippen LogP contribution in [0.25, 0.3) is 11.3 Å². The van der Waals surface area contributed by atoms with Crippen molar-refractivity contribution in [2.75, 3.05) is 12.0 Å². The summed E-state index contributed by atoms with van der Waals surface area (Å²) >= 11 is 5.94. The average molecular weight is 427 g/mol. The first kappa shape index (κ1) is 21.4. The Morgan fingerprint density at radius 3 is 2.77 bits per heavy atom. The molecular weight excluding hydrogens is 404 g/mol. The van der Waals surface area contributed by atoms with E-state index in [1.165, 1.54) is 18.3 Å². The van der Waals surface area contributed by atoms with Crippen LogP contribution in [0, 0.1) is 0 Å². The van der Waals surface area contributed by atoms with Gasteiger partial charge in [0.25, 0.3) is 5.56 Å². The molecule has 0 saturated carbocycles. The molecule has 1 heterocycles. The van der Waals surface area contributed by atoms with Gasteiger partial charge in [-0.25, -0.2) is 5.10 Å². The molecule has 3 aromatic rings. The topological polar surface area (TPSA) is 99.6 Å². The summed E-state index contributed by atoms with van der Waals surface area (Å²) in [5, 5.41) is 21.0. The second-order valence-electron chi connectivity index (χ2n) is 6.65. The van der Waals surface area contributed by atoms with Crippen LogP contribution in [0.15, 0.2) is 58.4 Å². The van der Waals surface area contributed by atoms with Crippen molar-refractivity contribution in [2.45, 2.75) is 26.2 Å². The number of benzene rings is 2. The normalized spacial score (nSPS) is 11.0. The molecule has 0 bridgehead atoms. The van der Waals surface area contributed by atoms with E-state index in [0.717, 1.165) is 30.6 Å². The van der Waals surface area contributed by atoms with Crippen molar-refractivity contribution in [1.82, 2.24) is 10.2 Å². The molecule has 0 amide bonds. The Morgan fingerprint density at radius 2 is 2.00 bits per heavy atom. The fourth-order valence-corrected chi connectivity index (χ4v) is 2.94. The van der Waals surface area contributed by atoms with Crippen molar-refractivity contribution < 1.29 is 9.84 Å². The number of hydrazone groups is 1. The molecule has 0 unspecified atom stereocenters. The average Bonchev–Trinajstić information content (AvgIpc) is 2.74. The number of H-pyrrole nitrogens is 1. The molecule has 3 rings (SSSR count). The lowest BCUT2D eigenvalue weighted by Crippen LogP contribution is -2.10. The summed E-state index contributed by atoms with van der Waals surface area (Å²) in [4.78, 5) is 11.7. The number of nitrogens with one attached hydrogen (secondary N) is 2. The van der Waals surface area contributed by atoms with Gasteiger partial charge in [0.2, 0.25) is 0 Å². The molecule has 2 aromatic carbocycles. The number of aromatic nitrogens is 2. The van der Waals surface area contributed by atoms with Crippen molar-refractivity contribution in [3.63, 3.8) is 0 Å². The predicted octanol–water partition coefficient (Wildman–Crippen LogP) is 4.81. The summed E-state index contributed by atoms with van der Waals surface area (Å²) in [5.74, 6) is 0.826. The van der Waals surface area contributed by atoms with Gasteiger partial charge in [0, 0.05) is 22.2 Å². The van der Waals surface area contributed by atoms with Gasteiger partial charge in [-0.3, -0.25) is 10.2 Å². The molecule has 0 aliphatic carbocycles. The lowest BCUT2D eigenvalue weighted by Gasteiger charge is -2.09. The maximum absolute atomic E-state index is 11.7. The van der Waals surface area contributed by atoms with Gasteiger partial charge in [0.1, 0.15) is 17.2 Å². The standard InChI is InChI=1S/C22H23ClN4O3/c1-2-3-4-11-30-18-8-5-15(6-9-18)22-19(13-21(29)26-27-22)25-24-14-16-12-17(23)7-10-20(16)28/h5-10,12-14,28H,2-4,11H2,1H3,(H2,25,26,29). The lowest BCUT2D eigenvalue weighted by molar-refractivity contribution is 0.306. The van der Waals surface area contributed by atoms with Crippen LogP contribution in [0.3, 0.4) is 0 Å². The molecule has 0 radical (unpaired) electrons. The monoisotopic (exact) mass is 426 g/mol. The molecule has 8 heteroatoms. The number of unbranched alkanes of at least 4 members (excludes halogenated alkanes) is 2. The van der Waals surface area contributed by atoms with Crippen molar-refractivity contribution in [1.29, 1.82) is 0 Å². The number of anilines is 1. The molecule has 0 atom stereocenters. The summed E-state index contributed by atoms with van der Waals surface area (Å²) in [6.07, 6.45) is 4.73. The Balaban J connectivity index is 1.76. The van der Waals surface area contributed by atoms with Crippen LogP contribution in [0.2, 0.25) is 5.02 Å². The lowest BCUT2D eigenvalue weighted by atomic mass is 10.1. The van der Waals surface area contributed by atoms with E-state index in [9.17, 15) is 9.90 Å². The smallest absolute Gasteiger partial charge is 0.266 e. The predicted molar refractivity (Wildman–Crippen MR) is 120 cm³/mol. The third-order valence-electron chi connectivity index (χ3n) is 4.33. The number of halogens is 1. The van der Waals surface area contributed by atoms with Gasteiger partial charge < -0.3 is 9.84 Å². The minimum Gasteiger partial charge on any atom is -0.507 e. The molecule has 0 saturated heterocycles. The highest BCUT2D eigenvalue weighted by Gasteiger charge is 2.09. The van der Waals surface area contributed by atoms with E-state index >= 15 is 0 Å². The summed E-state index contributed by atoms with van der Waals surface area (Å²) in [5.41, 5.74) is 4.63. The maximum atomic E-state index is 11.7. The number of aromatic amines is 1. The van der Waals surface area contributed by atoms with E-state index in [-0.39, 0.29) is 11.3 Å². The number of hydrogen-bond donors (Lipinski definition) is 3. The highest BCUT2D eigenvalue weighted by atomic mass is 35.5. The Kier molecular flexibility index (Phi) is 7.45. The number of ether oxygens (including phenoxy) is 1. The summed E-state index contributed by atoms with van der Waals surface area (Å²) in [7, 11) is 0. The Morgan fingerprint density at radius 1 is 1.20 bits per heavy atom. The van der Waals surface area contributed by atoms with Gasteiger partial charge in [-0.2, -0.15) is 10.2 Å². The van der Waals surface area contributed by atoms with Crippen LogP contribution in [-0.4, -0.2) is 28.1 Å². The van der Waals surface area contributed by atoms with Crippen LogP contribution in [0.1, 0.15) is 31.7 Å². The van der Waals surface area contributed by atoms with E-state index in [1.54, 1.807) is 12.1 Å². The van der Waals surface area contributed by atoms with Gasteiger partial charge >= 0.3 is 0 Å². The van der Waals surface area contributed by atoms with Crippen molar-refractivity contribution in [2.24, 2.45) is 5.10 Å². The molecular formula is C22H23ClN4O3. The highest BCUT2D eigenvalue weighted by Crippen LogP contribution is 2.26. The maximum Gasteiger partial charge on any atom is 0.266 e. The fraction of sp³-hybridized carbons (Fsp3) is 0.227. The zero-order valence-corrected chi connectivity index (χ0v) is 17.3. The summed E-state index contributed by atoms with van der Waals surface area (Å²) < 4.78 is 5.73. The van der Waals surface area contributed by atoms with Crippen molar-refractivity contribution in [3.8, 4) is 22.8 Å². The van der Waals surface area contributed by atoms with E-state index < -0.39 is 0 Å². The number of phenols is 1. The SMILES string of the molecule is CCCCCOc1ccc(-c2n[nH]c(=O)cc2NN=Cc2cc(Cl)ccc2O)cc1. The summed E-state index contributed by atoms with van der Waals surface area (Å²) in [6, 6.07) is 13.5. The Hall–Kier alpha value is -3.32. The third-order valence-corrected chi connectivity index (χ3v) is 4.57. The van der Waals surface area contributed by atoms with E-state index in [4.69, 9.17) is 16.3 Å². The number of rotatable bonds is 9. The second kappa shape index (κ2) is 10.5. The van der Waals surface area contributed by atoms with Crippen molar-refractivity contribution >= 4 is 23.5 Å². The van der Waals surface area contributed by atoms with Gasteiger partial charge in [0.15, 0.2) is 0 Å². The first-order chi connectivity index (χ1) is 14.6. The molecule has 156 valence electrons. The van der Waals surface area contributed by atoms with Crippen LogP contribution in [0.5, 0.6) is 11.5 Å². The van der Waals surface area contributed by atoms with Crippen LogP contribution < -0.4 is 15.7 Å². The zero-order valence-electron chi connectivity index (χ0n) is 16.6. The van der Waals surface area contributed by atoms with Gasteiger partial charge in [-0.1, -0.05) is 31.4 Å². The number of nitrogens with zero attached hydrogens (tertiary/aromatic N) is 2. The minimum absolute atomic E-state index is 0.0451. The van der Waals surface area contributed by atoms with Crippen LogP contribution in [-0.2, 0) is 0 Å². The number of phenolic OH excluding ortho intramolecular Hbond substituents is 1. The van der Waals surface area contributed by atoms with E-state index in [0.29, 0.717) is 28.6 Å². The largest absolute Gasteiger partial charge is 0.507 e. The first-order valence-electron chi connectivity index (χ1n) is 9.67. The fourth-order valence-electron chi connectivity index (χ4n) is 2.76. The van der Waals surface area contributed by atoms with Crippen molar-refractivity contribution in [3.05, 3.63) is 69.5 Å². The Bertz CT molecular complexity index is 1060. The highest BCUT2D eigenvalue weighted by molar-refractivity contribution is 6.30. The van der Waals surface area contributed by atoms with Gasteiger partial charge in [-0.05, 0) is 48.9 Å². The molecule has 0 aliphatic heterocycles. The van der Waals surface area contributed by atoms with Crippen LogP contribution >= 0.6 is 11.6 Å². The zero-order chi connectivity index (χ0) is 21.3. The molecule has 3 N–H and O–H groups in total. The Labute approximate surface area is 179 Å². The number of hydrogen-bond acceptors (Lipinski definition) is 6.